The summed E-state index contributed by atoms with van der Waals surface area (Å²) < 4.78 is 5.65. The molecule has 0 aromatic heterocycles. The summed E-state index contributed by atoms with van der Waals surface area (Å²) in [4.78, 5) is 26.2. The molecule has 1 aromatic rings. The van der Waals surface area contributed by atoms with Crippen LogP contribution in [0, 0.1) is 5.92 Å². The van der Waals surface area contributed by atoms with Crippen LogP contribution in [0.3, 0.4) is 0 Å². The Balaban J connectivity index is 1.88. The van der Waals surface area contributed by atoms with Crippen molar-refractivity contribution < 1.29 is 14.3 Å². The van der Waals surface area contributed by atoms with Crippen LogP contribution in [-0.4, -0.2) is 34.2 Å². The van der Waals surface area contributed by atoms with Gasteiger partial charge < -0.3 is 4.74 Å². The lowest BCUT2D eigenvalue weighted by Gasteiger charge is -2.14. The van der Waals surface area contributed by atoms with Crippen molar-refractivity contribution in [2.75, 3.05) is 13.2 Å². The molecule has 0 atom stereocenters. The van der Waals surface area contributed by atoms with Gasteiger partial charge in [-0.15, -0.1) is 0 Å². The molecule has 1 saturated heterocycles. The largest absolute Gasteiger partial charge is 0.466 e. The lowest BCUT2D eigenvalue weighted by Crippen LogP contribution is -2.30. The third-order valence-electron chi connectivity index (χ3n) is 3.47. The minimum atomic E-state index is -0.295. The van der Waals surface area contributed by atoms with Crippen molar-refractivity contribution in [1.29, 1.82) is 0 Å². The highest BCUT2D eigenvalue weighted by Gasteiger charge is 2.32. The molecule has 24 heavy (non-hydrogen) atoms. The standard InChI is InChI=1S/C18H21NO3S2/c1-13(2)9-11-22-16(20)8-10-19-17(21)15(24-18(19)23)12-14-6-4-3-5-7-14/h3-7,12-13H,8-11H2,1-2H3/b15-12-. The van der Waals surface area contributed by atoms with Crippen LogP contribution in [-0.2, 0) is 14.3 Å². The van der Waals surface area contributed by atoms with E-state index in [1.54, 1.807) is 0 Å². The van der Waals surface area contributed by atoms with Gasteiger partial charge in [0.05, 0.1) is 17.9 Å². The SMILES string of the molecule is CC(C)CCOC(=O)CCN1C(=O)/C(=C/c2ccccc2)SC1=S. The van der Waals surface area contributed by atoms with Crippen molar-refractivity contribution in [3.05, 3.63) is 40.8 Å². The summed E-state index contributed by atoms with van der Waals surface area (Å²) >= 11 is 6.53. The highest BCUT2D eigenvalue weighted by molar-refractivity contribution is 8.26. The lowest BCUT2D eigenvalue weighted by atomic mass is 10.1. The van der Waals surface area contributed by atoms with Crippen molar-refractivity contribution >= 4 is 46.3 Å². The zero-order chi connectivity index (χ0) is 17.5. The van der Waals surface area contributed by atoms with Gasteiger partial charge in [0, 0.05) is 6.54 Å². The molecule has 1 aromatic carbocycles. The van der Waals surface area contributed by atoms with E-state index in [1.807, 2.05) is 36.4 Å². The average Bonchev–Trinajstić information content (AvgIpc) is 2.80. The van der Waals surface area contributed by atoms with Crippen LogP contribution in [0.2, 0.25) is 0 Å². The third-order valence-corrected chi connectivity index (χ3v) is 4.85. The third kappa shape index (κ3) is 5.46. The second-order valence-corrected chi connectivity index (χ2v) is 7.57. The summed E-state index contributed by atoms with van der Waals surface area (Å²) in [5, 5.41) is 0. The first-order valence-electron chi connectivity index (χ1n) is 7.93. The van der Waals surface area contributed by atoms with Crippen molar-refractivity contribution in [2.24, 2.45) is 5.92 Å². The molecular formula is C18H21NO3S2. The molecule has 1 aliphatic heterocycles. The second-order valence-electron chi connectivity index (χ2n) is 5.90. The van der Waals surface area contributed by atoms with Gasteiger partial charge in [-0.25, -0.2) is 0 Å². The summed E-state index contributed by atoms with van der Waals surface area (Å²) in [6.45, 7) is 4.83. The van der Waals surface area contributed by atoms with E-state index in [0.717, 1.165) is 12.0 Å². The zero-order valence-corrected chi connectivity index (χ0v) is 15.5. The summed E-state index contributed by atoms with van der Waals surface area (Å²) in [7, 11) is 0. The highest BCUT2D eigenvalue weighted by Crippen LogP contribution is 2.32. The predicted molar refractivity (Wildman–Crippen MR) is 101 cm³/mol. The van der Waals surface area contributed by atoms with Crippen molar-refractivity contribution in [1.82, 2.24) is 4.90 Å². The van der Waals surface area contributed by atoms with E-state index in [9.17, 15) is 9.59 Å². The fourth-order valence-electron chi connectivity index (χ4n) is 2.08. The van der Waals surface area contributed by atoms with Gasteiger partial charge in [-0.1, -0.05) is 68.2 Å². The number of hydrogen-bond donors (Lipinski definition) is 0. The van der Waals surface area contributed by atoms with Gasteiger partial charge in [0.25, 0.3) is 5.91 Å². The Morgan fingerprint density at radius 2 is 2.04 bits per heavy atom. The second kappa shape index (κ2) is 8.99. The molecule has 0 bridgehead atoms. The van der Waals surface area contributed by atoms with Gasteiger partial charge in [-0.3, -0.25) is 14.5 Å². The molecule has 1 heterocycles. The van der Waals surface area contributed by atoms with Gasteiger partial charge in [-0.05, 0) is 24.0 Å². The monoisotopic (exact) mass is 363 g/mol. The normalized spacial score (nSPS) is 16.3. The molecule has 0 N–H and O–H groups in total. The number of ether oxygens (including phenoxy) is 1. The first-order chi connectivity index (χ1) is 11.5. The first kappa shape index (κ1) is 18.7. The molecule has 0 unspecified atom stereocenters. The van der Waals surface area contributed by atoms with E-state index < -0.39 is 0 Å². The van der Waals surface area contributed by atoms with Gasteiger partial charge in [0.2, 0.25) is 0 Å². The van der Waals surface area contributed by atoms with Gasteiger partial charge in [0.1, 0.15) is 4.32 Å². The van der Waals surface area contributed by atoms with E-state index in [1.165, 1.54) is 16.7 Å². The summed E-state index contributed by atoms with van der Waals surface area (Å²) in [6.07, 6.45) is 2.82. The van der Waals surface area contributed by atoms with Crippen LogP contribution >= 0.6 is 24.0 Å². The average molecular weight is 364 g/mol. The van der Waals surface area contributed by atoms with Crippen LogP contribution in [0.4, 0.5) is 0 Å². The Hall–Kier alpha value is -1.66. The van der Waals surface area contributed by atoms with E-state index in [0.29, 0.717) is 21.8 Å². The summed E-state index contributed by atoms with van der Waals surface area (Å²) in [5.74, 6) is 0.0493. The maximum atomic E-state index is 12.4. The molecule has 0 aliphatic carbocycles. The molecule has 1 fully saturated rings. The van der Waals surface area contributed by atoms with Crippen LogP contribution in [0.25, 0.3) is 6.08 Å². The van der Waals surface area contributed by atoms with Crippen molar-refractivity contribution in [3.8, 4) is 0 Å². The first-order valence-corrected chi connectivity index (χ1v) is 9.16. The number of thiocarbonyl (C=S) groups is 1. The van der Waals surface area contributed by atoms with E-state index in [-0.39, 0.29) is 24.8 Å². The number of hydrogen-bond acceptors (Lipinski definition) is 5. The smallest absolute Gasteiger partial charge is 0.307 e. The highest BCUT2D eigenvalue weighted by atomic mass is 32.2. The number of benzene rings is 1. The fourth-order valence-corrected chi connectivity index (χ4v) is 3.39. The molecular weight excluding hydrogens is 342 g/mol. The number of carbonyl (C=O) groups is 2. The van der Waals surface area contributed by atoms with E-state index >= 15 is 0 Å². The Morgan fingerprint density at radius 1 is 1.33 bits per heavy atom. The maximum Gasteiger partial charge on any atom is 0.307 e. The molecule has 0 spiro atoms. The maximum absolute atomic E-state index is 12.4. The van der Waals surface area contributed by atoms with Gasteiger partial charge in [0.15, 0.2) is 0 Å². The molecule has 0 radical (unpaired) electrons. The number of nitrogens with zero attached hydrogens (tertiary/aromatic N) is 1. The van der Waals surface area contributed by atoms with Crippen molar-refractivity contribution in [3.63, 3.8) is 0 Å². The molecule has 1 amide bonds. The van der Waals surface area contributed by atoms with E-state index in [4.69, 9.17) is 17.0 Å². The molecule has 2 rings (SSSR count). The molecule has 128 valence electrons. The minimum Gasteiger partial charge on any atom is -0.466 e. The Bertz CT molecular complexity index is 641. The summed E-state index contributed by atoms with van der Waals surface area (Å²) in [5.41, 5.74) is 0.950. The quantitative estimate of drug-likeness (QED) is 0.418. The lowest BCUT2D eigenvalue weighted by molar-refractivity contribution is -0.144. The fraction of sp³-hybridized carbons (Fsp3) is 0.389. The number of rotatable bonds is 7. The van der Waals surface area contributed by atoms with Crippen LogP contribution in [0.5, 0.6) is 0 Å². The Morgan fingerprint density at radius 3 is 2.71 bits per heavy atom. The van der Waals surface area contributed by atoms with Gasteiger partial charge >= 0.3 is 5.97 Å². The Kier molecular flexibility index (Phi) is 6.99. The van der Waals surface area contributed by atoms with E-state index in [2.05, 4.69) is 13.8 Å². The number of carbonyl (C=O) groups excluding carboxylic acids is 2. The minimum absolute atomic E-state index is 0.149. The molecule has 4 nitrogen and oxygen atoms in total. The molecule has 0 saturated carbocycles. The molecule has 6 heteroatoms. The van der Waals surface area contributed by atoms with Crippen LogP contribution in [0.1, 0.15) is 32.3 Å². The van der Waals surface area contributed by atoms with Crippen LogP contribution < -0.4 is 0 Å². The number of esters is 1. The molecule has 1 aliphatic rings. The summed E-state index contributed by atoms with van der Waals surface area (Å²) in [6, 6.07) is 9.62. The van der Waals surface area contributed by atoms with Crippen molar-refractivity contribution in [2.45, 2.75) is 26.7 Å². The number of thioether (sulfide) groups is 1. The Labute approximate surface area is 152 Å². The van der Waals surface area contributed by atoms with Gasteiger partial charge in [-0.2, -0.15) is 0 Å². The van der Waals surface area contributed by atoms with Crippen LogP contribution in [0.15, 0.2) is 35.2 Å². The number of amides is 1. The predicted octanol–water partition coefficient (Wildman–Crippen LogP) is 3.87. The zero-order valence-electron chi connectivity index (χ0n) is 13.9. The topological polar surface area (TPSA) is 46.6 Å².